The lowest BCUT2D eigenvalue weighted by Gasteiger charge is -2.07. The summed E-state index contributed by atoms with van der Waals surface area (Å²) in [4.78, 5) is 0. The van der Waals surface area contributed by atoms with Crippen molar-refractivity contribution in [3.8, 4) is 0 Å². The van der Waals surface area contributed by atoms with Gasteiger partial charge in [0.25, 0.3) is 0 Å². The Labute approximate surface area is 85.3 Å². The lowest BCUT2D eigenvalue weighted by Crippen LogP contribution is -2.02. The Balaban J connectivity index is 1.89. The Morgan fingerprint density at radius 3 is 2.43 bits per heavy atom. The maximum absolute atomic E-state index is 5.70. The molecule has 0 bridgehead atoms. The molecule has 14 heavy (non-hydrogen) atoms. The average molecular weight is 187 g/mol. The molecule has 2 fully saturated rings. The lowest BCUT2D eigenvalue weighted by molar-refractivity contribution is 0.804. The maximum atomic E-state index is 5.70. The van der Waals surface area contributed by atoms with Crippen LogP contribution in [0.15, 0.2) is 24.3 Å². The highest BCUT2D eigenvalue weighted by Gasteiger charge is 2.40. The third-order valence-electron chi connectivity index (χ3n) is 3.64. The zero-order valence-corrected chi connectivity index (χ0v) is 8.45. The molecule has 2 aliphatic rings. The van der Waals surface area contributed by atoms with E-state index in [0.717, 1.165) is 24.3 Å². The second-order valence-electron chi connectivity index (χ2n) is 4.74. The molecule has 0 aromatic heterocycles. The molecule has 0 amide bonds. The van der Waals surface area contributed by atoms with Crippen molar-refractivity contribution in [3.05, 3.63) is 35.4 Å². The standard InChI is InChI=1S/C13H17N/c14-8-10-7-13(10)12-4-2-1-3-11(12)9-5-6-9/h1-4,9-10,13H,5-8,14H2. The molecule has 2 saturated carbocycles. The van der Waals surface area contributed by atoms with Crippen LogP contribution in [0, 0.1) is 5.92 Å². The van der Waals surface area contributed by atoms with Crippen molar-refractivity contribution in [2.24, 2.45) is 11.7 Å². The fourth-order valence-corrected chi connectivity index (χ4v) is 2.50. The van der Waals surface area contributed by atoms with E-state index in [1.807, 2.05) is 0 Å². The predicted octanol–water partition coefficient (Wildman–Crippen LogP) is 2.63. The Kier molecular flexibility index (Phi) is 1.88. The summed E-state index contributed by atoms with van der Waals surface area (Å²) >= 11 is 0. The SMILES string of the molecule is NCC1CC1c1ccccc1C1CC1. The number of hydrogen-bond acceptors (Lipinski definition) is 1. The molecule has 0 radical (unpaired) electrons. The van der Waals surface area contributed by atoms with Crippen molar-refractivity contribution in [1.82, 2.24) is 0 Å². The topological polar surface area (TPSA) is 26.0 Å². The largest absolute Gasteiger partial charge is 0.330 e. The van der Waals surface area contributed by atoms with Crippen LogP contribution in [0.4, 0.5) is 0 Å². The van der Waals surface area contributed by atoms with Gasteiger partial charge in [-0.1, -0.05) is 24.3 Å². The van der Waals surface area contributed by atoms with Crippen LogP contribution in [0.2, 0.25) is 0 Å². The van der Waals surface area contributed by atoms with E-state index in [4.69, 9.17) is 5.73 Å². The van der Waals surface area contributed by atoms with E-state index in [1.54, 1.807) is 11.1 Å². The molecule has 2 atom stereocenters. The van der Waals surface area contributed by atoms with Gasteiger partial charge in [-0.15, -0.1) is 0 Å². The summed E-state index contributed by atoms with van der Waals surface area (Å²) in [6, 6.07) is 8.98. The molecular weight excluding hydrogens is 170 g/mol. The summed E-state index contributed by atoms with van der Waals surface area (Å²) in [5.74, 6) is 2.44. The number of rotatable bonds is 3. The Hall–Kier alpha value is -0.820. The summed E-state index contributed by atoms with van der Waals surface area (Å²) in [5.41, 5.74) is 8.92. The molecule has 0 saturated heterocycles. The van der Waals surface area contributed by atoms with Gasteiger partial charge in [-0.05, 0) is 54.7 Å². The summed E-state index contributed by atoms with van der Waals surface area (Å²) in [5, 5.41) is 0. The summed E-state index contributed by atoms with van der Waals surface area (Å²) in [6.45, 7) is 0.865. The van der Waals surface area contributed by atoms with Crippen molar-refractivity contribution >= 4 is 0 Å². The normalized spacial score (nSPS) is 30.4. The van der Waals surface area contributed by atoms with Crippen LogP contribution in [0.25, 0.3) is 0 Å². The highest BCUT2D eigenvalue weighted by molar-refractivity contribution is 5.38. The number of nitrogens with two attached hydrogens (primary N) is 1. The van der Waals surface area contributed by atoms with Gasteiger partial charge in [-0.25, -0.2) is 0 Å². The minimum absolute atomic E-state index is 0.773. The van der Waals surface area contributed by atoms with Gasteiger partial charge in [-0.3, -0.25) is 0 Å². The molecule has 2 unspecified atom stereocenters. The smallest absolute Gasteiger partial charge is 0.00428 e. The first-order valence-corrected chi connectivity index (χ1v) is 5.69. The Bertz CT molecular complexity index is 341. The second-order valence-corrected chi connectivity index (χ2v) is 4.74. The van der Waals surface area contributed by atoms with E-state index < -0.39 is 0 Å². The quantitative estimate of drug-likeness (QED) is 0.773. The second kappa shape index (κ2) is 3.09. The van der Waals surface area contributed by atoms with Crippen LogP contribution in [-0.2, 0) is 0 Å². The van der Waals surface area contributed by atoms with Gasteiger partial charge in [0.1, 0.15) is 0 Å². The van der Waals surface area contributed by atoms with E-state index in [-0.39, 0.29) is 0 Å². The molecule has 1 aromatic carbocycles. The third kappa shape index (κ3) is 1.36. The molecule has 2 aliphatic carbocycles. The lowest BCUT2D eigenvalue weighted by atomic mass is 9.98. The van der Waals surface area contributed by atoms with Gasteiger partial charge in [0.05, 0.1) is 0 Å². The first-order chi connectivity index (χ1) is 6.90. The van der Waals surface area contributed by atoms with Crippen LogP contribution in [0.5, 0.6) is 0 Å². The fourth-order valence-electron chi connectivity index (χ4n) is 2.50. The van der Waals surface area contributed by atoms with Crippen LogP contribution in [0.3, 0.4) is 0 Å². The monoisotopic (exact) mass is 187 g/mol. The van der Waals surface area contributed by atoms with Crippen molar-refractivity contribution in [2.45, 2.75) is 31.1 Å². The Morgan fingerprint density at radius 1 is 1.14 bits per heavy atom. The highest BCUT2D eigenvalue weighted by atomic mass is 14.6. The molecule has 0 heterocycles. The maximum Gasteiger partial charge on any atom is -0.00428 e. The minimum atomic E-state index is 0.773. The van der Waals surface area contributed by atoms with Gasteiger partial charge >= 0.3 is 0 Å². The predicted molar refractivity (Wildman–Crippen MR) is 58.3 cm³/mol. The number of benzene rings is 1. The van der Waals surface area contributed by atoms with Gasteiger partial charge in [-0.2, -0.15) is 0 Å². The van der Waals surface area contributed by atoms with Crippen LogP contribution >= 0.6 is 0 Å². The fraction of sp³-hybridized carbons (Fsp3) is 0.538. The molecule has 1 aromatic rings. The van der Waals surface area contributed by atoms with E-state index in [2.05, 4.69) is 24.3 Å². The summed E-state index contributed by atoms with van der Waals surface area (Å²) in [6.07, 6.45) is 4.12. The van der Waals surface area contributed by atoms with Gasteiger partial charge < -0.3 is 5.73 Å². The van der Waals surface area contributed by atoms with E-state index >= 15 is 0 Å². The van der Waals surface area contributed by atoms with Crippen LogP contribution in [0.1, 0.15) is 42.2 Å². The molecule has 0 aliphatic heterocycles. The molecule has 3 rings (SSSR count). The molecule has 1 heteroatoms. The first-order valence-electron chi connectivity index (χ1n) is 5.69. The van der Waals surface area contributed by atoms with Crippen molar-refractivity contribution in [2.75, 3.05) is 6.54 Å². The van der Waals surface area contributed by atoms with Gasteiger partial charge in [0.15, 0.2) is 0 Å². The molecular formula is C13H17N. The average Bonchev–Trinajstić information content (AvgIpc) is 3.11. The summed E-state index contributed by atoms with van der Waals surface area (Å²) in [7, 11) is 0. The molecule has 74 valence electrons. The Morgan fingerprint density at radius 2 is 1.86 bits per heavy atom. The van der Waals surface area contributed by atoms with Crippen molar-refractivity contribution in [3.63, 3.8) is 0 Å². The van der Waals surface area contributed by atoms with E-state index in [0.29, 0.717) is 0 Å². The summed E-state index contributed by atoms with van der Waals surface area (Å²) < 4.78 is 0. The van der Waals surface area contributed by atoms with Crippen LogP contribution < -0.4 is 5.73 Å². The molecule has 1 nitrogen and oxygen atoms in total. The number of hydrogen-bond donors (Lipinski definition) is 1. The zero-order chi connectivity index (χ0) is 9.54. The third-order valence-corrected chi connectivity index (χ3v) is 3.64. The van der Waals surface area contributed by atoms with Crippen molar-refractivity contribution < 1.29 is 0 Å². The van der Waals surface area contributed by atoms with Crippen LogP contribution in [-0.4, -0.2) is 6.54 Å². The molecule has 2 N–H and O–H groups in total. The highest BCUT2D eigenvalue weighted by Crippen LogP contribution is 2.52. The first kappa shape index (κ1) is 8.49. The molecule has 0 spiro atoms. The minimum Gasteiger partial charge on any atom is -0.330 e. The zero-order valence-electron chi connectivity index (χ0n) is 8.45. The van der Waals surface area contributed by atoms with E-state index in [1.165, 1.54) is 19.3 Å². The van der Waals surface area contributed by atoms with E-state index in [9.17, 15) is 0 Å². The van der Waals surface area contributed by atoms with Gasteiger partial charge in [0.2, 0.25) is 0 Å². The van der Waals surface area contributed by atoms with Gasteiger partial charge in [0, 0.05) is 0 Å². The van der Waals surface area contributed by atoms with Crippen molar-refractivity contribution in [1.29, 1.82) is 0 Å².